The van der Waals surface area contributed by atoms with E-state index in [1.54, 1.807) is 0 Å². The molecule has 0 aliphatic carbocycles. The second-order valence-corrected chi connectivity index (χ2v) is 11.7. The zero-order valence-corrected chi connectivity index (χ0v) is 15.5. The van der Waals surface area contributed by atoms with Crippen molar-refractivity contribution in [3.8, 4) is 11.5 Å². The standard InChI is InChI=1S/C20H28O2Si/c1-23(2,3)17-15-19(22-20-14-7-8-16-21-20)13-9-12-18-10-5-4-6-11-18/h4-6,9-12,19-20H,7-8,13-14,16H2,1-3H3. The van der Waals surface area contributed by atoms with Gasteiger partial charge in [0.2, 0.25) is 0 Å². The highest BCUT2D eigenvalue weighted by molar-refractivity contribution is 6.83. The summed E-state index contributed by atoms with van der Waals surface area (Å²) in [5, 5.41) is 0. The molecule has 1 fully saturated rings. The molecule has 0 aromatic heterocycles. The molecular weight excluding hydrogens is 300 g/mol. The third-order valence-corrected chi connectivity index (χ3v) is 4.42. The molecular formula is C20H28O2Si. The Hall–Kier alpha value is -1.34. The van der Waals surface area contributed by atoms with Crippen molar-refractivity contribution in [2.75, 3.05) is 6.61 Å². The topological polar surface area (TPSA) is 18.5 Å². The monoisotopic (exact) mass is 328 g/mol. The van der Waals surface area contributed by atoms with Crippen LogP contribution in [-0.2, 0) is 9.47 Å². The Bertz CT molecular complexity index is 542. The molecule has 3 heteroatoms. The molecule has 0 N–H and O–H groups in total. The molecule has 2 rings (SSSR count). The summed E-state index contributed by atoms with van der Waals surface area (Å²) in [5.41, 5.74) is 4.64. The van der Waals surface area contributed by atoms with Crippen molar-refractivity contribution in [2.45, 2.75) is 57.7 Å². The SMILES string of the molecule is C[Si](C)(C)C#CC(CC=Cc1ccccc1)OC1CCCCO1. The van der Waals surface area contributed by atoms with Gasteiger partial charge in [0, 0.05) is 13.0 Å². The average Bonchev–Trinajstić information content (AvgIpc) is 2.54. The molecule has 1 heterocycles. The summed E-state index contributed by atoms with van der Waals surface area (Å²) in [6.07, 6.45) is 8.22. The van der Waals surface area contributed by atoms with Crippen LogP contribution in [0.1, 0.15) is 31.2 Å². The Morgan fingerprint density at radius 3 is 2.70 bits per heavy atom. The highest BCUT2D eigenvalue weighted by atomic mass is 28.3. The first-order valence-electron chi connectivity index (χ1n) is 8.54. The van der Waals surface area contributed by atoms with Crippen LogP contribution in [0.3, 0.4) is 0 Å². The van der Waals surface area contributed by atoms with Gasteiger partial charge in [0.15, 0.2) is 6.29 Å². The molecule has 1 aromatic carbocycles. The van der Waals surface area contributed by atoms with E-state index in [9.17, 15) is 0 Å². The van der Waals surface area contributed by atoms with Crippen LogP contribution in [0.15, 0.2) is 36.4 Å². The van der Waals surface area contributed by atoms with Gasteiger partial charge < -0.3 is 9.47 Å². The van der Waals surface area contributed by atoms with Crippen LogP contribution in [0, 0.1) is 11.5 Å². The molecule has 2 atom stereocenters. The summed E-state index contributed by atoms with van der Waals surface area (Å²) in [6.45, 7) is 7.58. The first-order valence-corrected chi connectivity index (χ1v) is 12.0. The van der Waals surface area contributed by atoms with Crippen molar-refractivity contribution in [3.05, 3.63) is 42.0 Å². The molecule has 124 valence electrons. The highest BCUT2D eigenvalue weighted by Crippen LogP contribution is 2.17. The molecule has 0 saturated carbocycles. The molecule has 0 radical (unpaired) electrons. The van der Waals surface area contributed by atoms with E-state index in [1.807, 2.05) is 6.07 Å². The van der Waals surface area contributed by atoms with Gasteiger partial charge in [0.25, 0.3) is 0 Å². The van der Waals surface area contributed by atoms with Crippen molar-refractivity contribution in [2.24, 2.45) is 0 Å². The lowest BCUT2D eigenvalue weighted by molar-refractivity contribution is -0.175. The van der Waals surface area contributed by atoms with E-state index in [-0.39, 0.29) is 12.4 Å². The van der Waals surface area contributed by atoms with Crippen LogP contribution in [0.2, 0.25) is 19.6 Å². The summed E-state index contributed by atoms with van der Waals surface area (Å²) < 4.78 is 11.8. The summed E-state index contributed by atoms with van der Waals surface area (Å²) in [7, 11) is -1.39. The first kappa shape index (κ1) is 18.0. The number of hydrogen-bond donors (Lipinski definition) is 0. The third-order valence-electron chi connectivity index (χ3n) is 3.52. The molecule has 2 nitrogen and oxygen atoms in total. The van der Waals surface area contributed by atoms with Crippen LogP contribution in [0.4, 0.5) is 0 Å². The van der Waals surface area contributed by atoms with Crippen molar-refractivity contribution in [1.82, 2.24) is 0 Å². The lowest BCUT2D eigenvalue weighted by Crippen LogP contribution is -2.27. The number of ether oxygens (including phenoxy) is 2. The minimum Gasteiger partial charge on any atom is -0.353 e. The van der Waals surface area contributed by atoms with Crippen LogP contribution in [0.5, 0.6) is 0 Å². The second-order valence-electron chi connectivity index (χ2n) is 6.99. The summed E-state index contributed by atoms with van der Waals surface area (Å²) >= 11 is 0. The Morgan fingerprint density at radius 1 is 1.26 bits per heavy atom. The zero-order valence-electron chi connectivity index (χ0n) is 14.5. The van der Waals surface area contributed by atoms with Gasteiger partial charge in [-0.2, -0.15) is 0 Å². The normalized spacial score (nSPS) is 20.0. The fourth-order valence-corrected chi connectivity index (χ4v) is 2.93. The van der Waals surface area contributed by atoms with Gasteiger partial charge in [-0.3, -0.25) is 0 Å². The van der Waals surface area contributed by atoms with E-state index < -0.39 is 8.07 Å². The van der Waals surface area contributed by atoms with Gasteiger partial charge in [-0.15, -0.1) is 5.54 Å². The van der Waals surface area contributed by atoms with Crippen molar-refractivity contribution in [1.29, 1.82) is 0 Å². The minimum absolute atomic E-state index is 0.0789. The molecule has 1 aromatic rings. The van der Waals surface area contributed by atoms with E-state index in [2.05, 4.69) is 67.5 Å². The van der Waals surface area contributed by atoms with Gasteiger partial charge in [-0.1, -0.05) is 68.0 Å². The summed E-state index contributed by atoms with van der Waals surface area (Å²) in [4.78, 5) is 0. The second kappa shape index (κ2) is 9.07. The Balaban J connectivity index is 1.97. The number of benzene rings is 1. The molecule has 0 spiro atoms. The zero-order chi connectivity index (χ0) is 16.5. The van der Waals surface area contributed by atoms with E-state index >= 15 is 0 Å². The molecule has 2 unspecified atom stereocenters. The van der Waals surface area contributed by atoms with E-state index in [0.717, 1.165) is 25.9 Å². The Kier molecular flexibility index (Phi) is 7.10. The van der Waals surface area contributed by atoms with Crippen LogP contribution < -0.4 is 0 Å². The van der Waals surface area contributed by atoms with Crippen molar-refractivity contribution < 1.29 is 9.47 Å². The van der Waals surface area contributed by atoms with E-state index in [0.29, 0.717) is 0 Å². The van der Waals surface area contributed by atoms with Gasteiger partial charge in [0.1, 0.15) is 14.2 Å². The number of hydrogen-bond acceptors (Lipinski definition) is 2. The molecule has 1 saturated heterocycles. The van der Waals surface area contributed by atoms with Gasteiger partial charge >= 0.3 is 0 Å². The molecule has 23 heavy (non-hydrogen) atoms. The largest absolute Gasteiger partial charge is 0.353 e. The van der Waals surface area contributed by atoms with Gasteiger partial charge in [0.05, 0.1) is 0 Å². The molecule has 1 aliphatic heterocycles. The fourth-order valence-electron chi connectivity index (χ4n) is 2.34. The maximum atomic E-state index is 6.10. The quantitative estimate of drug-likeness (QED) is 0.566. The van der Waals surface area contributed by atoms with Crippen molar-refractivity contribution in [3.63, 3.8) is 0 Å². The molecule has 0 amide bonds. The minimum atomic E-state index is -1.39. The fraction of sp³-hybridized carbons (Fsp3) is 0.500. The summed E-state index contributed by atoms with van der Waals surface area (Å²) in [5.74, 6) is 3.35. The first-order chi connectivity index (χ1) is 11.0. The maximum absolute atomic E-state index is 6.10. The van der Waals surface area contributed by atoms with Crippen LogP contribution in [0.25, 0.3) is 6.08 Å². The van der Waals surface area contributed by atoms with E-state index in [1.165, 1.54) is 12.0 Å². The Morgan fingerprint density at radius 2 is 2.04 bits per heavy atom. The maximum Gasteiger partial charge on any atom is 0.159 e. The highest BCUT2D eigenvalue weighted by Gasteiger charge is 2.18. The number of rotatable bonds is 5. The predicted molar refractivity (Wildman–Crippen MR) is 99.7 cm³/mol. The van der Waals surface area contributed by atoms with Crippen molar-refractivity contribution >= 4 is 14.1 Å². The van der Waals surface area contributed by atoms with Crippen LogP contribution in [-0.4, -0.2) is 27.1 Å². The lowest BCUT2D eigenvalue weighted by atomic mass is 10.1. The third kappa shape index (κ3) is 7.65. The summed E-state index contributed by atoms with van der Waals surface area (Å²) in [6, 6.07) is 10.3. The van der Waals surface area contributed by atoms with Gasteiger partial charge in [-0.05, 0) is 24.8 Å². The average molecular weight is 329 g/mol. The smallest absolute Gasteiger partial charge is 0.159 e. The Labute approximate surface area is 141 Å². The lowest BCUT2D eigenvalue weighted by Gasteiger charge is -2.25. The van der Waals surface area contributed by atoms with E-state index in [4.69, 9.17) is 9.47 Å². The molecule has 1 aliphatic rings. The predicted octanol–water partition coefficient (Wildman–Crippen LogP) is 4.88. The van der Waals surface area contributed by atoms with Gasteiger partial charge in [-0.25, -0.2) is 0 Å². The van der Waals surface area contributed by atoms with Crippen LogP contribution >= 0.6 is 0 Å². The molecule has 0 bridgehead atoms.